The molecule has 3 heterocycles. The molecule has 0 amide bonds. The number of hydrogen-bond donors (Lipinski definition) is 0. The number of rotatable bonds is 7. The second-order valence-corrected chi connectivity index (χ2v) is 24.2. The van der Waals surface area contributed by atoms with Crippen LogP contribution in [0.3, 0.4) is 0 Å². The van der Waals surface area contributed by atoms with Gasteiger partial charge in [0, 0.05) is 34.4 Å². The molecule has 49 heavy (non-hydrogen) atoms. The molecule has 0 unspecified atom stereocenters. The molecule has 0 fully saturated rings. The van der Waals surface area contributed by atoms with E-state index in [0.717, 1.165) is 55.4 Å². The van der Waals surface area contributed by atoms with Crippen LogP contribution in [0.2, 0.25) is 17.3 Å². The number of benzene rings is 4. The summed E-state index contributed by atoms with van der Waals surface area (Å²) >= 11 is -2.03. The molecule has 7 rings (SSSR count). The van der Waals surface area contributed by atoms with Crippen LogP contribution in [-0.4, -0.2) is 23.2 Å². The van der Waals surface area contributed by atoms with Gasteiger partial charge in [0.25, 0.3) is 0 Å². The van der Waals surface area contributed by atoms with Crippen molar-refractivity contribution < 1.29 is 28.6 Å². The number of hydrogen-bond acceptors (Lipinski definition) is 3. The first-order valence-corrected chi connectivity index (χ1v) is 23.9. The van der Waals surface area contributed by atoms with Gasteiger partial charge < -0.3 is 9.40 Å². The van der Waals surface area contributed by atoms with E-state index in [4.69, 9.17) is 8.53 Å². The van der Waals surface area contributed by atoms with Crippen LogP contribution in [0.1, 0.15) is 48.8 Å². The molecule has 0 saturated heterocycles. The van der Waals surface area contributed by atoms with Gasteiger partial charge in [-0.25, -0.2) is 0 Å². The summed E-state index contributed by atoms with van der Waals surface area (Å²) in [7, 11) is 0. The topological polar surface area (TPSA) is 38.9 Å². The SMILES string of the molecule is [2H]C(C)(C)c1cc(-c2[c-]cccc2)nc[c]1[Ge]([CH3])([CH3])[CH3].[2H]C([2H])(c1ccnc(-c2[c-]cc3oc4cccc(-c5ccccc5)c4c3c2)c1)C(C)C.[Ir]. The quantitative estimate of drug-likeness (QED) is 0.118. The smallest absolute Gasteiger partial charge is 0.121 e. The first-order valence-electron chi connectivity index (χ1n) is 18.0. The molecular formula is C44H44GeIrN2O-2. The molecule has 3 aromatic heterocycles. The number of nitrogens with zero attached hydrogens (tertiary/aromatic N) is 2. The molecule has 0 aliphatic carbocycles. The molecule has 0 atom stereocenters. The van der Waals surface area contributed by atoms with Crippen LogP contribution in [0.15, 0.2) is 120 Å². The molecule has 7 aromatic rings. The summed E-state index contributed by atoms with van der Waals surface area (Å²) in [4.78, 5) is 9.13. The van der Waals surface area contributed by atoms with E-state index in [2.05, 4.69) is 63.6 Å². The maximum Gasteiger partial charge on any atom is 0.121 e. The fourth-order valence-electron chi connectivity index (χ4n) is 5.94. The standard InChI is InChI=1S/C27H22NO.C17H22GeN.Ir/c1-18(2)15-19-13-14-28-24(16-19)21-11-12-25-23(17-21)27-22(9-6-10-26(27)29-25)20-7-4-3-5-8-20;1-13(2)15-11-17(14-9-7-6-8-10-14)19-12-16(15)18(3,4)5;/h3-10,12-14,16-18H,15H2,1-2H3;6-9,11-13H,1-5H3;/q2*-1;/i15D2;13D;. The first-order chi connectivity index (χ1) is 24.1. The van der Waals surface area contributed by atoms with Crippen molar-refractivity contribution in [3.05, 3.63) is 139 Å². The Bertz CT molecular complexity index is 2290. The van der Waals surface area contributed by atoms with Crippen LogP contribution in [0.4, 0.5) is 0 Å². The summed E-state index contributed by atoms with van der Waals surface area (Å²) in [5, 5.41) is 2.06. The van der Waals surface area contributed by atoms with Gasteiger partial charge in [-0.15, -0.1) is 23.8 Å². The minimum atomic E-state index is -2.03. The summed E-state index contributed by atoms with van der Waals surface area (Å²) in [6.45, 7) is 7.69. The predicted octanol–water partition coefficient (Wildman–Crippen LogP) is 11.5. The molecule has 4 aromatic carbocycles. The van der Waals surface area contributed by atoms with Crippen molar-refractivity contribution in [2.24, 2.45) is 5.92 Å². The molecule has 3 nitrogen and oxygen atoms in total. The second kappa shape index (κ2) is 15.8. The molecule has 251 valence electrons. The number of aromatic nitrogens is 2. The van der Waals surface area contributed by atoms with E-state index in [1.807, 2.05) is 107 Å². The van der Waals surface area contributed by atoms with Crippen LogP contribution in [0, 0.1) is 18.1 Å². The van der Waals surface area contributed by atoms with Crippen molar-refractivity contribution in [3.63, 3.8) is 0 Å². The van der Waals surface area contributed by atoms with Gasteiger partial charge in [-0.1, -0.05) is 73.3 Å². The maximum absolute atomic E-state index is 8.44. The van der Waals surface area contributed by atoms with Crippen LogP contribution in [0.5, 0.6) is 0 Å². The van der Waals surface area contributed by atoms with Gasteiger partial charge >= 0.3 is 120 Å². The van der Waals surface area contributed by atoms with E-state index in [1.165, 1.54) is 4.40 Å². The Labute approximate surface area is 312 Å². The molecule has 0 aliphatic rings. The molecule has 0 N–H and O–H groups in total. The second-order valence-electron chi connectivity index (χ2n) is 13.6. The van der Waals surface area contributed by atoms with Crippen molar-refractivity contribution in [2.75, 3.05) is 0 Å². The Morgan fingerprint density at radius 2 is 1.55 bits per heavy atom. The van der Waals surface area contributed by atoms with Crippen molar-refractivity contribution in [3.8, 4) is 33.6 Å². The summed E-state index contributed by atoms with van der Waals surface area (Å²) in [6, 6.07) is 40.3. The number of pyridine rings is 2. The Balaban J connectivity index is 0.000000217. The summed E-state index contributed by atoms with van der Waals surface area (Å²) in [5.74, 6) is 6.31. The Morgan fingerprint density at radius 3 is 2.24 bits per heavy atom. The van der Waals surface area contributed by atoms with Crippen LogP contribution in [0.25, 0.3) is 55.6 Å². The van der Waals surface area contributed by atoms with Gasteiger partial charge in [0.2, 0.25) is 0 Å². The minimum absolute atomic E-state index is 0. The monoisotopic (exact) mass is 886 g/mol. The van der Waals surface area contributed by atoms with Crippen LogP contribution in [-0.2, 0) is 26.5 Å². The molecular weight excluding hydrogens is 837 g/mol. The molecule has 0 spiro atoms. The molecule has 5 heteroatoms. The average molecular weight is 885 g/mol. The largest absolute Gasteiger partial charge is 0.500 e. The van der Waals surface area contributed by atoms with Crippen LogP contribution >= 0.6 is 0 Å². The Morgan fingerprint density at radius 1 is 0.796 bits per heavy atom. The number of fused-ring (bicyclic) bond motifs is 3. The summed E-state index contributed by atoms with van der Waals surface area (Å²) in [6.07, 6.45) is 2.25. The normalized spacial score (nSPS) is 12.9. The number of furan rings is 1. The van der Waals surface area contributed by atoms with Crippen LogP contribution < -0.4 is 4.40 Å². The van der Waals surface area contributed by atoms with E-state index in [0.29, 0.717) is 11.3 Å². The van der Waals surface area contributed by atoms with Crippen molar-refractivity contribution >= 4 is 39.6 Å². The average Bonchev–Trinajstić information content (AvgIpc) is 3.50. The Hall–Kier alpha value is -3.83. The third-order valence-corrected chi connectivity index (χ3v) is 12.5. The van der Waals surface area contributed by atoms with Crippen molar-refractivity contribution in [2.45, 2.75) is 57.2 Å². The van der Waals surface area contributed by atoms with Gasteiger partial charge in [0.1, 0.15) is 5.58 Å². The molecule has 1 radical (unpaired) electrons. The van der Waals surface area contributed by atoms with Gasteiger partial charge in [0.05, 0.1) is 5.58 Å². The predicted molar refractivity (Wildman–Crippen MR) is 205 cm³/mol. The maximum atomic E-state index is 8.44. The fraction of sp³-hybridized carbons (Fsp3) is 0.227. The molecule has 0 saturated carbocycles. The van der Waals surface area contributed by atoms with E-state index in [1.54, 1.807) is 12.3 Å². The minimum Gasteiger partial charge on any atom is -0.500 e. The van der Waals surface area contributed by atoms with Crippen molar-refractivity contribution in [1.29, 1.82) is 0 Å². The van der Waals surface area contributed by atoms with Gasteiger partial charge in [-0.2, -0.15) is 0 Å². The third-order valence-electron chi connectivity index (χ3n) is 8.24. The fourth-order valence-corrected chi connectivity index (χ4v) is 9.26. The van der Waals surface area contributed by atoms with E-state index in [9.17, 15) is 0 Å². The third kappa shape index (κ3) is 8.49. The van der Waals surface area contributed by atoms with Crippen molar-refractivity contribution in [1.82, 2.24) is 9.97 Å². The molecule has 0 bridgehead atoms. The Kier molecular flexibility index (Phi) is 10.4. The van der Waals surface area contributed by atoms with Gasteiger partial charge in [-0.3, -0.25) is 0 Å². The molecule has 0 aliphatic heterocycles. The van der Waals surface area contributed by atoms with E-state index in [-0.39, 0.29) is 26.0 Å². The van der Waals surface area contributed by atoms with E-state index >= 15 is 0 Å². The van der Waals surface area contributed by atoms with E-state index < -0.39 is 25.5 Å². The summed E-state index contributed by atoms with van der Waals surface area (Å²) < 4.78 is 32.7. The summed E-state index contributed by atoms with van der Waals surface area (Å²) in [5.41, 5.74) is 9.03. The first kappa shape index (κ1) is 32.4. The zero-order valence-corrected chi connectivity index (χ0v) is 33.7. The zero-order valence-electron chi connectivity index (χ0n) is 32.2. The zero-order chi connectivity index (χ0) is 36.6. The van der Waals surface area contributed by atoms with Gasteiger partial charge in [0.15, 0.2) is 0 Å². The van der Waals surface area contributed by atoms with Gasteiger partial charge in [-0.05, 0) is 41.2 Å².